The standard InChI is InChI=1S/C16H23N3OS/c17-15(21)13-8-12-5-1-2-6-14(12)18-16(13)19-7-3-4-11(9-19)10-20/h8,11,20H,1-7,9-10H2,(H2,17,21). The molecular formula is C16H23N3OS. The largest absolute Gasteiger partial charge is 0.396 e. The van der Waals surface area contributed by atoms with Gasteiger partial charge in [0.1, 0.15) is 10.8 Å². The third-order valence-electron chi connectivity index (χ3n) is 4.62. The quantitative estimate of drug-likeness (QED) is 0.834. The lowest BCUT2D eigenvalue weighted by Crippen LogP contribution is -2.38. The predicted molar refractivity (Wildman–Crippen MR) is 88.8 cm³/mol. The van der Waals surface area contributed by atoms with Crippen molar-refractivity contribution in [3.8, 4) is 0 Å². The van der Waals surface area contributed by atoms with Crippen LogP contribution in [-0.2, 0) is 12.8 Å². The molecule has 1 atom stereocenters. The van der Waals surface area contributed by atoms with Crippen LogP contribution in [0.3, 0.4) is 0 Å². The number of aliphatic hydroxyl groups excluding tert-OH is 1. The lowest BCUT2D eigenvalue weighted by atomic mass is 9.94. The average molecular weight is 305 g/mol. The minimum absolute atomic E-state index is 0.240. The molecule has 0 aromatic carbocycles. The van der Waals surface area contributed by atoms with Gasteiger partial charge in [-0.3, -0.25) is 0 Å². The molecule has 21 heavy (non-hydrogen) atoms. The van der Waals surface area contributed by atoms with Gasteiger partial charge in [-0.05, 0) is 56.1 Å². The van der Waals surface area contributed by atoms with E-state index in [1.54, 1.807) is 0 Å². The average Bonchev–Trinajstić information content (AvgIpc) is 2.53. The molecule has 3 N–H and O–H groups in total. The second-order valence-electron chi connectivity index (χ2n) is 6.17. The summed E-state index contributed by atoms with van der Waals surface area (Å²) in [6.07, 6.45) is 6.74. The van der Waals surface area contributed by atoms with Crippen molar-refractivity contribution in [2.75, 3.05) is 24.6 Å². The number of hydrogen-bond acceptors (Lipinski definition) is 4. The van der Waals surface area contributed by atoms with Crippen molar-refractivity contribution in [3.05, 3.63) is 22.9 Å². The summed E-state index contributed by atoms with van der Waals surface area (Å²) in [6.45, 7) is 2.06. The number of nitrogens with zero attached hydrogens (tertiary/aromatic N) is 2. The van der Waals surface area contributed by atoms with Crippen LogP contribution in [0.15, 0.2) is 6.07 Å². The number of fused-ring (bicyclic) bond motifs is 1. The lowest BCUT2D eigenvalue weighted by Gasteiger charge is -2.34. The van der Waals surface area contributed by atoms with Crippen LogP contribution in [0.1, 0.15) is 42.5 Å². The van der Waals surface area contributed by atoms with Crippen LogP contribution < -0.4 is 10.6 Å². The van der Waals surface area contributed by atoms with Crippen LogP contribution in [0.25, 0.3) is 0 Å². The summed E-state index contributed by atoms with van der Waals surface area (Å²) >= 11 is 5.24. The normalized spacial score (nSPS) is 22.0. The molecule has 1 fully saturated rings. The second kappa shape index (κ2) is 6.28. The molecule has 1 aliphatic carbocycles. The molecule has 0 amide bonds. The minimum atomic E-state index is 0.240. The maximum atomic E-state index is 9.43. The molecule has 114 valence electrons. The number of piperidine rings is 1. The summed E-state index contributed by atoms with van der Waals surface area (Å²) in [6, 6.07) is 2.15. The Kier molecular flexibility index (Phi) is 4.40. The molecule has 2 aliphatic rings. The van der Waals surface area contributed by atoms with Gasteiger partial charge in [0.25, 0.3) is 0 Å². The zero-order chi connectivity index (χ0) is 14.8. The molecule has 0 bridgehead atoms. The van der Waals surface area contributed by atoms with Gasteiger partial charge >= 0.3 is 0 Å². The highest BCUT2D eigenvalue weighted by Gasteiger charge is 2.25. The first-order valence-corrected chi connectivity index (χ1v) is 8.28. The van der Waals surface area contributed by atoms with Gasteiger partial charge in [-0.25, -0.2) is 4.98 Å². The van der Waals surface area contributed by atoms with Gasteiger partial charge in [-0.15, -0.1) is 0 Å². The van der Waals surface area contributed by atoms with Crippen LogP contribution in [0.2, 0.25) is 0 Å². The van der Waals surface area contributed by atoms with Gasteiger partial charge in [0.2, 0.25) is 0 Å². The van der Waals surface area contributed by atoms with E-state index in [0.29, 0.717) is 10.9 Å². The number of aliphatic hydroxyl groups is 1. The summed E-state index contributed by atoms with van der Waals surface area (Å²) in [5.41, 5.74) is 9.36. The van der Waals surface area contributed by atoms with Crippen molar-refractivity contribution in [1.82, 2.24) is 4.98 Å². The highest BCUT2D eigenvalue weighted by Crippen LogP contribution is 2.29. The summed E-state index contributed by atoms with van der Waals surface area (Å²) in [4.78, 5) is 7.59. The van der Waals surface area contributed by atoms with Gasteiger partial charge in [0.05, 0.1) is 5.56 Å². The van der Waals surface area contributed by atoms with E-state index in [-0.39, 0.29) is 6.61 Å². The summed E-state index contributed by atoms with van der Waals surface area (Å²) < 4.78 is 0. The second-order valence-corrected chi connectivity index (χ2v) is 6.61. The third-order valence-corrected chi connectivity index (χ3v) is 4.84. The van der Waals surface area contributed by atoms with E-state index in [1.165, 1.54) is 24.1 Å². The van der Waals surface area contributed by atoms with E-state index in [9.17, 15) is 5.11 Å². The van der Waals surface area contributed by atoms with Crippen LogP contribution >= 0.6 is 12.2 Å². The van der Waals surface area contributed by atoms with Gasteiger partial charge in [-0.1, -0.05) is 12.2 Å². The highest BCUT2D eigenvalue weighted by molar-refractivity contribution is 7.80. The molecule has 0 saturated carbocycles. The van der Waals surface area contributed by atoms with Crippen molar-refractivity contribution in [1.29, 1.82) is 0 Å². The number of aryl methyl sites for hydroxylation is 2. The molecule has 1 unspecified atom stereocenters. The van der Waals surface area contributed by atoms with Crippen LogP contribution in [0, 0.1) is 5.92 Å². The fraction of sp³-hybridized carbons (Fsp3) is 0.625. The highest BCUT2D eigenvalue weighted by atomic mass is 32.1. The topological polar surface area (TPSA) is 62.4 Å². The molecule has 3 rings (SSSR count). The van der Waals surface area contributed by atoms with Gasteiger partial charge < -0.3 is 15.7 Å². The van der Waals surface area contributed by atoms with E-state index < -0.39 is 0 Å². The number of thiocarbonyl (C=S) groups is 1. The maximum absolute atomic E-state index is 9.43. The number of rotatable bonds is 3. The summed E-state index contributed by atoms with van der Waals surface area (Å²) in [7, 11) is 0. The first-order valence-electron chi connectivity index (χ1n) is 7.87. The van der Waals surface area contributed by atoms with Crippen molar-refractivity contribution in [2.24, 2.45) is 11.7 Å². The van der Waals surface area contributed by atoms with Gasteiger partial charge in [0, 0.05) is 25.4 Å². The van der Waals surface area contributed by atoms with Crippen molar-refractivity contribution in [2.45, 2.75) is 38.5 Å². The zero-order valence-corrected chi connectivity index (χ0v) is 13.2. The van der Waals surface area contributed by atoms with Gasteiger partial charge in [-0.2, -0.15) is 0 Å². The Morgan fingerprint density at radius 1 is 1.38 bits per heavy atom. The Morgan fingerprint density at radius 3 is 2.95 bits per heavy atom. The first kappa shape index (κ1) is 14.7. The van der Waals surface area contributed by atoms with E-state index in [0.717, 1.165) is 50.2 Å². The Morgan fingerprint density at radius 2 is 2.19 bits per heavy atom. The predicted octanol–water partition coefficient (Wildman–Crippen LogP) is 1.80. The number of pyridine rings is 1. The van der Waals surface area contributed by atoms with E-state index >= 15 is 0 Å². The smallest absolute Gasteiger partial charge is 0.139 e. The Bertz CT molecular complexity index is 547. The molecule has 1 aliphatic heterocycles. The van der Waals surface area contributed by atoms with E-state index in [1.807, 2.05) is 0 Å². The number of anilines is 1. The maximum Gasteiger partial charge on any atom is 0.139 e. The summed E-state index contributed by atoms with van der Waals surface area (Å²) in [5.74, 6) is 1.26. The molecule has 0 radical (unpaired) electrons. The molecule has 1 aromatic rings. The van der Waals surface area contributed by atoms with Crippen molar-refractivity contribution >= 4 is 23.0 Å². The number of nitrogens with two attached hydrogens (primary N) is 1. The fourth-order valence-corrected chi connectivity index (χ4v) is 3.60. The number of hydrogen-bond donors (Lipinski definition) is 2. The third kappa shape index (κ3) is 3.04. The molecule has 4 nitrogen and oxygen atoms in total. The Balaban J connectivity index is 1.97. The van der Waals surface area contributed by atoms with E-state index in [2.05, 4.69) is 11.0 Å². The Hall–Kier alpha value is -1.20. The zero-order valence-electron chi connectivity index (χ0n) is 12.3. The molecule has 5 heteroatoms. The summed E-state index contributed by atoms with van der Waals surface area (Å²) in [5, 5.41) is 9.43. The molecular weight excluding hydrogens is 282 g/mol. The monoisotopic (exact) mass is 305 g/mol. The molecule has 0 spiro atoms. The fourth-order valence-electron chi connectivity index (χ4n) is 3.45. The first-order chi connectivity index (χ1) is 10.2. The van der Waals surface area contributed by atoms with Crippen LogP contribution in [0.4, 0.5) is 5.82 Å². The Labute approximate surface area is 131 Å². The molecule has 1 aromatic heterocycles. The van der Waals surface area contributed by atoms with Gasteiger partial charge in [0.15, 0.2) is 0 Å². The SMILES string of the molecule is NC(=S)c1cc2c(nc1N1CCCC(CO)C1)CCCC2. The molecule has 1 saturated heterocycles. The van der Waals surface area contributed by atoms with Crippen LogP contribution in [0.5, 0.6) is 0 Å². The number of aromatic nitrogens is 1. The van der Waals surface area contributed by atoms with Crippen LogP contribution in [-0.4, -0.2) is 34.8 Å². The molecule has 2 heterocycles. The van der Waals surface area contributed by atoms with E-state index in [4.69, 9.17) is 22.9 Å². The van der Waals surface area contributed by atoms with Crippen molar-refractivity contribution < 1.29 is 5.11 Å². The van der Waals surface area contributed by atoms with Crippen molar-refractivity contribution in [3.63, 3.8) is 0 Å². The minimum Gasteiger partial charge on any atom is -0.396 e. The lowest BCUT2D eigenvalue weighted by molar-refractivity contribution is 0.208.